The predicted molar refractivity (Wildman–Crippen MR) is 115 cm³/mol. The van der Waals surface area contributed by atoms with Gasteiger partial charge in [0.15, 0.2) is 6.61 Å². The molecule has 0 aromatic rings. The highest BCUT2D eigenvalue weighted by Gasteiger charge is 2.62. The molecule has 11 heteroatoms. The summed E-state index contributed by atoms with van der Waals surface area (Å²) >= 11 is 0. The van der Waals surface area contributed by atoms with Crippen molar-refractivity contribution in [1.29, 1.82) is 0 Å². The molecule has 2 atom stereocenters. The number of hydrogen-bond donors (Lipinski definition) is 1. The third-order valence-corrected chi connectivity index (χ3v) is 9.30. The predicted octanol–water partition coefficient (Wildman–Crippen LogP) is 4.02. The van der Waals surface area contributed by atoms with E-state index in [1.54, 1.807) is 0 Å². The Balaban J connectivity index is 1.40. The summed E-state index contributed by atoms with van der Waals surface area (Å²) in [4.78, 5) is 25.6. The van der Waals surface area contributed by atoms with Gasteiger partial charge in [-0.15, -0.1) is 0 Å². The summed E-state index contributed by atoms with van der Waals surface area (Å²) in [6.07, 6.45) is 8.99. The van der Waals surface area contributed by atoms with Crippen LogP contribution in [0.4, 0.5) is 8.78 Å². The maximum absolute atomic E-state index is 13.6. The van der Waals surface area contributed by atoms with Gasteiger partial charge >= 0.3 is 27.3 Å². The second-order valence-electron chi connectivity index (χ2n) is 11.0. The molecule has 0 heterocycles. The normalized spacial score (nSPS) is 34.6. The lowest BCUT2D eigenvalue weighted by Crippen LogP contribution is -2.60. The molecule has 1 N–H and O–H groups in total. The zero-order valence-corrected chi connectivity index (χ0v) is 20.3. The number of alkyl halides is 2. The number of halogens is 2. The third kappa shape index (κ3) is 4.97. The molecular formula is C23H34F2O8S. The molecule has 5 aliphatic rings. The molecule has 0 aromatic carbocycles. The molecule has 5 rings (SSSR count). The van der Waals surface area contributed by atoms with Gasteiger partial charge < -0.3 is 14.2 Å². The topological polar surface area (TPSA) is 116 Å². The lowest BCUT2D eigenvalue weighted by molar-refractivity contribution is -0.218. The average Bonchev–Trinajstić information content (AvgIpc) is 2.75. The summed E-state index contributed by atoms with van der Waals surface area (Å²) in [5, 5.41) is -4.57. The molecule has 0 saturated heterocycles. The van der Waals surface area contributed by atoms with Crippen LogP contribution in [-0.2, 0) is 33.9 Å². The summed E-state index contributed by atoms with van der Waals surface area (Å²) in [5.74, 6) is -1.06. The maximum atomic E-state index is 13.6. The van der Waals surface area contributed by atoms with Crippen molar-refractivity contribution in [2.24, 2.45) is 17.3 Å². The molecule has 0 radical (unpaired) electrons. The van der Waals surface area contributed by atoms with Gasteiger partial charge in [0.25, 0.3) is 0 Å². The Hall–Kier alpha value is -1.33. The van der Waals surface area contributed by atoms with Crippen molar-refractivity contribution in [2.75, 3.05) is 13.2 Å². The molecule has 0 spiro atoms. The Kier molecular flexibility index (Phi) is 6.78. The molecule has 5 aliphatic carbocycles. The van der Waals surface area contributed by atoms with Crippen LogP contribution in [0, 0.1) is 17.3 Å². The fraction of sp³-hybridized carbons (Fsp3) is 0.913. The van der Waals surface area contributed by atoms with Crippen LogP contribution in [0.3, 0.4) is 0 Å². The molecule has 0 amide bonds. The van der Waals surface area contributed by atoms with E-state index in [-0.39, 0.29) is 24.9 Å². The Labute approximate surface area is 198 Å². The first-order valence-electron chi connectivity index (χ1n) is 12.2. The fourth-order valence-electron chi connectivity index (χ4n) is 7.17. The van der Waals surface area contributed by atoms with Gasteiger partial charge in [0.1, 0.15) is 12.2 Å². The number of carbonyl (C=O) groups is 2. The van der Waals surface area contributed by atoms with E-state index in [0.29, 0.717) is 25.7 Å². The number of hydrogen-bond acceptors (Lipinski definition) is 7. The zero-order valence-electron chi connectivity index (χ0n) is 19.5. The van der Waals surface area contributed by atoms with Gasteiger partial charge in [-0.05, 0) is 82.5 Å². The Morgan fingerprint density at radius 2 is 1.68 bits per heavy atom. The minimum absolute atomic E-state index is 0.132. The minimum atomic E-state index is -5.69. The quantitative estimate of drug-likeness (QED) is 0.367. The average molecular weight is 509 g/mol. The number of esters is 2. The summed E-state index contributed by atoms with van der Waals surface area (Å²) in [5.41, 5.74) is -2.24. The van der Waals surface area contributed by atoms with E-state index in [0.717, 1.165) is 44.9 Å². The zero-order chi connectivity index (χ0) is 24.8. The standard InChI is InChI=1S/C23H34F2O8S/c1-2-21(6-4-3-5-7-21)33-18(26)13-32-22-11-16-8-17(12-22)10-20(9-16,14-22)19(27)31-15-23(24,25)34(28,29)30/h16-17H,2-15H2,1H3,(H,28,29,30). The van der Waals surface area contributed by atoms with E-state index in [1.807, 2.05) is 6.92 Å². The van der Waals surface area contributed by atoms with E-state index >= 15 is 0 Å². The molecule has 4 bridgehead atoms. The fourth-order valence-corrected chi connectivity index (χ4v) is 7.38. The summed E-state index contributed by atoms with van der Waals surface area (Å²) < 4.78 is 74.3. The van der Waals surface area contributed by atoms with Gasteiger partial charge in [0.2, 0.25) is 0 Å². The first-order chi connectivity index (χ1) is 15.8. The van der Waals surface area contributed by atoms with Crippen LogP contribution in [0.25, 0.3) is 0 Å². The van der Waals surface area contributed by atoms with Crippen molar-refractivity contribution in [1.82, 2.24) is 0 Å². The molecule has 5 fully saturated rings. The molecule has 0 aromatic heterocycles. The van der Waals surface area contributed by atoms with E-state index in [4.69, 9.17) is 18.8 Å². The highest BCUT2D eigenvalue weighted by atomic mass is 32.2. The van der Waals surface area contributed by atoms with Gasteiger partial charge in [0, 0.05) is 0 Å². The van der Waals surface area contributed by atoms with Crippen LogP contribution in [0.15, 0.2) is 0 Å². The SMILES string of the molecule is CCC1(OC(=O)COC23CC4CC(C2)CC(C(=O)OCC(F)(F)S(=O)(=O)O)(C4)C3)CCCCC1. The minimum Gasteiger partial charge on any atom is -0.458 e. The molecule has 0 aliphatic heterocycles. The monoisotopic (exact) mass is 508 g/mol. The second-order valence-corrected chi connectivity index (χ2v) is 12.5. The van der Waals surface area contributed by atoms with Crippen molar-refractivity contribution in [3.63, 3.8) is 0 Å². The second kappa shape index (κ2) is 8.96. The van der Waals surface area contributed by atoms with Crippen LogP contribution in [0.2, 0.25) is 0 Å². The Morgan fingerprint density at radius 1 is 1.06 bits per heavy atom. The van der Waals surface area contributed by atoms with Crippen LogP contribution < -0.4 is 0 Å². The van der Waals surface area contributed by atoms with Gasteiger partial charge in [-0.2, -0.15) is 17.2 Å². The van der Waals surface area contributed by atoms with Crippen molar-refractivity contribution in [2.45, 2.75) is 100 Å². The Morgan fingerprint density at radius 3 is 2.24 bits per heavy atom. The largest absolute Gasteiger partial charge is 0.458 e. The highest BCUT2D eigenvalue weighted by molar-refractivity contribution is 7.86. The van der Waals surface area contributed by atoms with Crippen molar-refractivity contribution >= 4 is 22.1 Å². The van der Waals surface area contributed by atoms with E-state index in [2.05, 4.69) is 0 Å². The lowest BCUT2D eigenvalue weighted by Gasteiger charge is -2.60. The molecule has 194 valence electrons. The van der Waals surface area contributed by atoms with Gasteiger partial charge in [-0.3, -0.25) is 9.35 Å². The number of rotatable bonds is 9. The molecule has 8 nitrogen and oxygen atoms in total. The number of ether oxygens (including phenoxy) is 3. The van der Waals surface area contributed by atoms with Crippen LogP contribution in [0.5, 0.6) is 0 Å². The molecule has 34 heavy (non-hydrogen) atoms. The van der Waals surface area contributed by atoms with Gasteiger partial charge in [-0.1, -0.05) is 13.3 Å². The number of carbonyl (C=O) groups excluding carboxylic acids is 2. The first-order valence-corrected chi connectivity index (χ1v) is 13.6. The van der Waals surface area contributed by atoms with Crippen LogP contribution in [-0.4, -0.2) is 54.6 Å². The maximum Gasteiger partial charge on any atom is 0.402 e. The van der Waals surface area contributed by atoms with Crippen molar-refractivity contribution in [3.05, 3.63) is 0 Å². The van der Waals surface area contributed by atoms with Crippen molar-refractivity contribution in [3.8, 4) is 0 Å². The Bertz CT molecular complexity index is 898. The van der Waals surface area contributed by atoms with Crippen molar-refractivity contribution < 1.29 is 45.6 Å². The lowest BCUT2D eigenvalue weighted by atomic mass is 9.48. The summed E-state index contributed by atoms with van der Waals surface area (Å²) in [6, 6.07) is 0. The van der Waals surface area contributed by atoms with Crippen LogP contribution in [0.1, 0.15) is 84.0 Å². The van der Waals surface area contributed by atoms with E-state index in [1.165, 1.54) is 0 Å². The highest BCUT2D eigenvalue weighted by Crippen LogP contribution is 2.63. The van der Waals surface area contributed by atoms with Gasteiger partial charge in [-0.25, -0.2) is 4.79 Å². The first kappa shape index (κ1) is 25.8. The van der Waals surface area contributed by atoms with E-state index in [9.17, 15) is 26.8 Å². The summed E-state index contributed by atoms with van der Waals surface area (Å²) in [6.45, 7) is 0.0492. The van der Waals surface area contributed by atoms with Gasteiger partial charge in [0.05, 0.1) is 11.0 Å². The molecule has 2 unspecified atom stereocenters. The summed E-state index contributed by atoms with van der Waals surface area (Å²) in [7, 11) is -5.69. The molecule has 5 saturated carbocycles. The third-order valence-electron chi connectivity index (χ3n) is 8.42. The van der Waals surface area contributed by atoms with E-state index < -0.39 is 50.5 Å². The molecular weight excluding hydrogens is 474 g/mol. The smallest absolute Gasteiger partial charge is 0.402 e. The van der Waals surface area contributed by atoms with Crippen LogP contribution >= 0.6 is 0 Å².